The summed E-state index contributed by atoms with van der Waals surface area (Å²) in [5.74, 6) is 7.18. The van der Waals surface area contributed by atoms with Crippen molar-refractivity contribution in [1.29, 1.82) is 0 Å². The van der Waals surface area contributed by atoms with E-state index < -0.39 is 0 Å². The lowest BCUT2D eigenvalue weighted by molar-refractivity contribution is 0.581. The van der Waals surface area contributed by atoms with E-state index in [9.17, 15) is 0 Å². The molecule has 0 aromatic heterocycles. The van der Waals surface area contributed by atoms with E-state index in [1.54, 1.807) is 0 Å². The molecule has 1 atom stereocenters. The molecule has 80 valence electrons. The Labute approximate surface area is 93.7 Å². The van der Waals surface area contributed by atoms with Crippen molar-refractivity contribution in [3.05, 3.63) is 35.4 Å². The molecule has 0 heteroatoms. The number of hydrogen-bond donors (Lipinski definition) is 0. The van der Waals surface area contributed by atoms with Crippen LogP contribution in [0.25, 0.3) is 0 Å². The minimum Gasteiger partial charge on any atom is -0.0945 e. The van der Waals surface area contributed by atoms with Gasteiger partial charge in [0, 0.05) is 11.5 Å². The average molecular weight is 200 g/mol. The van der Waals surface area contributed by atoms with Crippen molar-refractivity contribution in [3.63, 3.8) is 0 Å². The van der Waals surface area contributed by atoms with Gasteiger partial charge in [0.05, 0.1) is 0 Å². The van der Waals surface area contributed by atoms with E-state index in [2.05, 4.69) is 56.9 Å². The molecule has 0 fully saturated rings. The predicted molar refractivity (Wildman–Crippen MR) is 66.7 cm³/mol. The first-order valence-corrected chi connectivity index (χ1v) is 5.84. The number of aryl methyl sites for hydroxylation is 1. The summed E-state index contributed by atoms with van der Waals surface area (Å²) in [6, 6.07) is 8.43. The summed E-state index contributed by atoms with van der Waals surface area (Å²) in [6.45, 7) is 6.53. The van der Waals surface area contributed by atoms with Crippen LogP contribution < -0.4 is 0 Å². The van der Waals surface area contributed by atoms with E-state index in [1.807, 2.05) is 0 Å². The van der Waals surface area contributed by atoms with Gasteiger partial charge in [-0.25, -0.2) is 0 Å². The minimum absolute atomic E-state index is 0.566. The molecule has 0 saturated heterocycles. The highest BCUT2D eigenvalue weighted by atomic mass is 14.0. The zero-order valence-corrected chi connectivity index (χ0v) is 10.0. The first-order valence-electron chi connectivity index (χ1n) is 5.84. The molecule has 0 aliphatic rings. The van der Waals surface area contributed by atoms with Crippen molar-refractivity contribution in [3.8, 4) is 11.8 Å². The van der Waals surface area contributed by atoms with Crippen molar-refractivity contribution in [2.24, 2.45) is 5.92 Å². The molecule has 0 N–H and O–H groups in total. The summed E-state index contributed by atoms with van der Waals surface area (Å²) in [6.07, 6.45) is 3.60. The van der Waals surface area contributed by atoms with E-state index in [0.29, 0.717) is 5.92 Å². The summed E-state index contributed by atoms with van der Waals surface area (Å²) >= 11 is 0. The molecule has 0 spiro atoms. The highest BCUT2D eigenvalue weighted by Gasteiger charge is 1.98. The van der Waals surface area contributed by atoms with Gasteiger partial charge >= 0.3 is 0 Å². The quantitative estimate of drug-likeness (QED) is 0.642. The van der Waals surface area contributed by atoms with Gasteiger partial charge in [0.15, 0.2) is 0 Å². The molecule has 0 heterocycles. The topological polar surface area (TPSA) is 0 Å². The monoisotopic (exact) mass is 200 g/mol. The first kappa shape index (κ1) is 11.9. The molecular formula is C15H20. The summed E-state index contributed by atoms with van der Waals surface area (Å²) in [7, 11) is 0. The second kappa shape index (κ2) is 6.30. The maximum Gasteiger partial charge on any atom is 0.0245 e. The van der Waals surface area contributed by atoms with Crippen molar-refractivity contribution >= 4 is 0 Å². The van der Waals surface area contributed by atoms with Crippen LogP contribution in [0.3, 0.4) is 0 Å². The van der Waals surface area contributed by atoms with Crippen LogP contribution in [0.15, 0.2) is 24.3 Å². The van der Waals surface area contributed by atoms with Gasteiger partial charge in [-0.3, -0.25) is 0 Å². The Hall–Kier alpha value is -1.22. The van der Waals surface area contributed by atoms with Crippen molar-refractivity contribution in [1.82, 2.24) is 0 Å². The van der Waals surface area contributed by atoms with Gasteiger partial charge in [-0.2, -0.15) is 0 Å². The van der Waals surface area contributed by atoms with Crippen molar-refractivity contribution < 1.29 is 0 Å². The fourth-order valence-electron chi connectivity index (χ4n) is 1.55. The molecule has 0 nitrogen and oxygen atoms in total. The van der Waals surface area contributed by atoms with Gasteiger partial charge in [-0.1, -0.05) is 49.8 Å². The van der Waals surface area contributed by atoms with E-state index in [1.165, 1.54) is 18.4 Å². The van der Waals surface area contributed by atoms with E-state index in [0.717, 1.165) is 12.0 Å². The molecule has 0 radical (unpaired) electrons. The van der Waals surface area contributed by atoms with Crippen LogP contribution in [0.2, 0.25) is 0 Å². The molecule has 1 rings (SSSR count). The molecule has 0 aliphatic heterocycles. The molecule has 1 aromatic carbocycles. The molecule has 1 aromatic rings. The number of benzene rings is 1. The Morgan fingerprint density at radius 3 is 2.33 bits per heavy atom. The largest absolute Gasteiger partial charge is 0.0945 e. The lowest BCUT2D eigenvalue weighted by Crippen LogP contribution is -1.93. The van der Waals surface area contributed by atoms with Crippen LogP contribution in [0.1, 0.15) is 44.2 Å². The summed E-state index contributed by atoms with van der Waals surface area (Å²) in [4.78, 5) is 0. The minimum atomic E-state index is 0.566. The van der Waals surface area contributed by atoms with E-state index in [-0.39, 0.29) is 0 Å². The van der Waals surface area contributed by atoms with Crippen LogP contribution in [0.5, 0.6) is 0 Å². The highest BCUT2D eigenvalue weighted by Crippen LogP contribution is 2.09. The Bertz CT molecular complexity index is 335. The van der Waals surface area contributed by atoms with Crippen LogP contribution in [-0.4, -0.2) is 0 Å². The van der Waals surface area contributed by atoms with Gasteiger partial charge in [0.2, 0.25) is 0 Å². The zero-order valence-electron chi connectivity index (χ0n) is 10.0. The average Bonchev–Trinajstić information content (AvgIpc) is 2.26. The first-order chi connectivity index (χ1) is 7.26. The molecule has 1 unspecified atom stereocenters. The molecular weight excluding hydrogens is 180 g/mol. The third-order valence-corrected chi connectivity index (χ3v) is 2.60. The SMILES string of the molecule is CCCC(C#Cc1ccc(C)cc1)CC. The van der Waals surface area contributed by atoms with Crippen LogP contribution in [-0.2, 0) is 0 Å². The normalized spacial score (nSPS) is 11.7. The predicted octanol–water partition coefficient (Wildman–Crippen LogP) is 4.17. The van der Waals surface area contributed by atoms with E-state index >= 15 is 0 Å². The van der Waals surface area contributed by atoms with E-state index in [4.69, 9.17) is 0 Å². The molecule has 0 amide bonds. The van der Waals surface area contributed by atoms with Gasteiger partial charge in [0.25, 0.3) is 0 Å². The highest BCUT2D eigenvalue weighted by molar-refractivity contribution is 5.36. The summed E-state index contributed by atoms with van der Waals surface area (Å²) in [5, 5.41) is 0. The lowest BCUT2D eigenvalue weighted by atomic mass is 10.0. The molecule has 0 saturated carbocycles. The summed E-state index contributed by atoms with van der Waals surface area (Å²) < 4.78 is 0. The second-order valence-corrected chi connectivity index (χ2v) is 4.03. The third kappa shape index (κ3) is 4.21. The molecule has 0 aliphatic carbocycles. The third-order valence-electron chi connectivity index (χ3n) is 2.60. The zero-order chi connectivity index (χ0) is 11.1. The van der Waals surface area contributed by atoms with Crippen molar-refractivity contribution in [2.75, 3.05) is 0 Å². The second-order valence-electron chi connectivity index (χ2n) is 4.03. The standard InChI is InChI=1S/C15H20/c1-4-6-14(5-2)11-12-15-9-7-13(3)8-10-15/h7-10,14H,4-6H2,1-3H3. The lowest BCUT2D eigenvalue weighted by Gasteiger charge is -2.03. The van der Waals surface area contributed by atoms with Crippen LogP contribution >= 0.6 is 0 Å². The summed E-state index contributed by atoms with van der Waals surface area (Å²) in [5.41, 5.74) is 2.43. The number of hydrogen-bond acceptors (Lipinski definition) is 0. The molecule has 15 heavy (non-hydrogen) atoms. The number of rotatable bonds is 3. The maximum atomic E-state index is 3.36. The molecule has 0 bridgehead atoms. The van der Waals surface area contributed by atoms with Crippen molar-refractivity contribution in [2.45, 2.75) is 40.0 Å². The Balaban J connectivity index is 2.67. The Morgan fingerprint density at radius 2 is 1.80 bits per heavy atom. The van der Waals surface area contributed by atoms with Gasteiger partial charge in [0.1, 0.15) is 0 Å². The smallest absolute Gasteiger partial charge is 0.0245 e. The van der Waals surface area contributed by atoms with Gasteiger partial charge < -0.3 is 0 Å². The fourth-order valence-corrected chi connectivity index (χ4v) is 1.55. The van der Waals surface area contributed by atoms with Crippen LogP contribution in [0.4, 0.5) is 0 Å². The maximum absolute atomic E-state index is 3.36. The fraction of sp³-hybridized carbons (Fsp3) is 0.467. The van der Waals surface area contributed by atoms with Gasteiger partial charge in [-0.15, -0.1) is 0 Å². The van der Waals surface area contributed by atoms with Crippen LogP contribution in [0, 0.1) is 24.7 Å². The Morgan fingerprint density at radius 1 is 1.13 bits per heavy atom. The van der Waals surface area contributed by atoms with Gasteiger partial charge in [-0.05, 0) is 31.9 Å². The Kier molecular flexibility index (Phi) is 4.98.